The minimum atomic E-state index is -4.62. The van der Waals surface area contributed by atoms with Crippen LogP contribution in [0.5, 0.6) is 0 Å². The van der Waals surface area contributed by atoms with E-state index >= 15 is 0 Å². The lowest BCUT2D eigenvalue weighted by Crippen LogP contribution is -2.32. The lowest BCUT2D eigenvalue weighted by Gasteiger charge is -2.24. The van der Waals surface area contributed by atoms with Crippen molar-refractivity contribution in [2.45, 2.75) is 147 Å². The summed E-state index contributed by atoms with van der Waals surface area (Å²) in [5.41, 5.74) is 6.79. The summed E-state index contributed by atoms with van der Waals surface area (Å²) in [6.45, 7) is 2.28. The Bertz CT molecular complexity index is 1680. The third-order valence-corrected chi connectivity index (χ3v) is 10.9. The summed E-state index contributed by atoms with van der Waals surface area (Å²) < 4.78 is 43.3. The van der Waals surface area contributed by atoms with Gasteiger partial charge in [0.1, 0.15) is 48.5 Å². The highest BCUT2D eigenvalue weighted by molar-refractivity contribution is 7.47. The molecule has 0 amide bonds. The number of anilines is 1. The van der Waals surface area contributed by atoms with E-state index in [0.717, 1.165) is 18.4 Å². The average molecular weight is 782 g/mol. The predicted octanol–water partition coefficient (Wildman–Crippen LogP) is 8.69. The van der Waals surface area contributed by atoms with Crippen LogP contribution in [0.2, 0.25) is 0 Å². The van der Waals surface area contributed by atoms with E-state index in [1.54, 1.807) is 35.0 Å². The van der Waals surface area contributed by atoms with Crippen LogP contribution >= 0.6 is 7.82 Å². The molecule has 4 rings (SSSR count). The molecule has 14 nitrogen and oxygen atoms in total. The van der Waals surface area contributed by atoms with Crippen LogP contribution in [0.4, 0.5) is 5.82 Å². The van der Waals surface area contributed by atoms with Crippen molar-refractivity contribution in [1.29, 1.82) is 10.5 Å². The van der Waals surface area contributed by atoms with Crippen molar-refractivity contribution in [3.8, 4) is 12.1 Å². The second-order valence-corrected chi connectivity index (χ2v) is 15.9. The zero-order valence-corrected chi connectivity index (χ0v) is 33.4. The molecule has 1 fully saturated rings. The molecule has 302 valence electrons. The van der Waals surface area contributed by atoms with E-state index in [4.69, 9.17) is 34.3 Å². The maximum Gasteiger partial charge on any atom is 0.472 e. The van der Waals surface area contributed by atoms with Gasteiger partial charge < -0.3 is 24.8 Å². The first-order chi connectivity index (χ1) is 26.8. The Balaban J connectivity index is 1.14. The molecule has 1 aliphatic heterocycles. The number of nitrogens with zero attached hydrogens (tertiary/aromatic N) is 6. The first kappa shape index (κ1) is 44.3. The zero-order chi connectivity index (χ0) is 39.2. The van der Waals surface area contributed by atoms with Gasteiger partial charge in [-0.1, -0.05) is 109 Å². The molecule has 15 heteroatoms. The average Bonchev–Trinajstić information content (AvgIpc) is 3.83. The molecule has 4 heterocycles. The normalized spacial score (nSPS) is 18.6. The number of nitriles is 2. The number of fused-ring (bicyclic) bond motifs is 1. The van der Waals surface area contributed by atoms with Gasteiger partial charge in [-0.25, -0.2) is 19.0 Å². The number of aromatic nitrogens is 4. The fourth-order valence-electron chi connectivity index (χ4n) is 6.70. The van der Waals surface area contributed by atoms with Crippen LogP contribution in [-0.2, 0) is 34.4 Å². The standard InChI is InChI=1S/C40H60N7O7P/c1-2-3-4-5-6-7-8-9-10-11-12-13-14-15-16-17-24-50-28-35(51-27-33-18-19-34(25-41)44-26-33)29-52-55(48,49)53-31-40(30-42)23-22-38(54-40)36-20-21-37-39(43)45-32-46-47(36)37/h18-21,26,32,35,38H,2-17,22-24,27-29,31H2,1H3,(H,48,49)(H2,43,45,46)/t35-,38+,40+/m0/s1. The quantitative estimate of drug-likeness (QED) is 0.0501. The Labute approximate surface area is 326 Å². The first-order valence-electron chi connectivity index (χ1n) is 20.1. The van der Waals surface area contributed by atoms with E-state index in [9.17, 15) is 14.7 Å². The van der Waals surface area contributed by atoms with Gasteiger partial charge >= 0.3 is 7.82 Å². The maximum atomic E-state index is 13.0. The second kappa shape index (κ2) is 24.2. The third kappa shape index (κ3) is 15.5. The number of unbranched alkanes of at least 4 members (excludes halogenated alkanes) is 15. The van der Waals surface area contributed by atoms with Crippen molar-refractivity contribution in [2.75, 3.05) is 32.2 Å². The number of hydrogen-bond acceptors (Lipinski definition) is 12. The topological polar surface area (TPSA) is 200 Å². The Morgan fingerprint density at radius 1 is 0.945 bits per heavy atom. The summed E-state index contributed by atoms with van der Waals surface area (Å²) in [7, 11) is -4.62. The van der Waals surface area contributed by atoms with Crippen molar-refractivity contribution >= 4 is 19.2 Å². The van der Waals surface area contributed by atoms with E-state index in [1.165, 1.54) is 96.2 Å². The van der Waals surface area contributed by atoms with Crippen molar-refractivity contribution in [1.82, 2.24) is 19.6 Å². The van der Waals surface area contributed by atoms with Gasteiger partial charge in [0.05, 0.1) is 25.5 Å². The molecule has 3 aromatic heterocycles. The summed E-state index contributed by atoms with van der Waals surface area (Å²) in [6, 6.07) is 11.0. The number of phosphoric ester groups is 1. The van der Waals surface area contributed by atoms with Crippen LogP contribution in [-0.4, -0.2) is 62.6 Å². The summed E-state index contributed by atoms with van der Waals surface area (Å²) in [4.78, 5) is 18.7. The molecule has 1 unspecified atom stereocenters. The molecule has 0 aliphatic carbocycles. The number of phosphoric acid groups is 1. The summed E-state index contributed by atoms with van der Waals surface area (Å²) in [6.07, 6.45) is 23.0. The number of rotatable bonds is 29. The van der Waals surface area contributed by atoms with Gasteiger partial charge in [0.25, 0.3) is 0 Å². The smallest absolute Gasteiger partial charge is 0.382 e. The van der Waals surface area contributed by atoms with Crippen molar-refractivity contribution in [3.05, 3.63) is 53.7 Å². The van der Waals surface area contributed by atoms with Gasteiger partial charge in [0.2, 0.25) is 0 Å². The molecule has 4 atom stereocenters. The van der Waals surface area contributed by atoms with Gasteiger partial charge in [0, 0.05) is 12.8 Å². The van der Waals surface area contributed by atoms with E-state index in [1.807, 2.05) is 6.07 Å². The molecule has 0 bridgehead atoms. The van der Waals surface area contributed by atoms with Crippen LogP contribution in [0.1, 0.15) is 146 Å². The third-order valence-electron chi connectivity index (χ3n) is 9.98. The van der Waals surface area contributed by atoms with Crippen LogP contribution in [0, 0.1) is 22.7 Å². The van der Waals surface area contributed by atoms with Crippen LogP contribution in [0.3, 0.4) is 0 Å². The Hall–Kier alpha value is -3.46. The predicted molar refractivity (Wildman–Crippen MR) is 208 cm³/mol. The zero-order valence-electron chi connectivity index (χ0n) is 32.5. The van der Waals surface area contributed by atoms with E-state index < -0.39 is 32.2 Å². The Morgan fingerprint density at radius 3 is 2.24 bits per heavy atom. The molecule has 0 radical (unpaired) electrons. The van der Waals surface area contributed by atoms with E-state index in [0.29, 0.717) is 30.1 Å². The number of nitrogen functional groups attached to an aromatic ring is 1. The SMILES string of the molecule is CCCCCCCCCCCCCCCCCCOC[C@@H](COP(=O)(O)OC[C@]1(C#N)CC[C@H](c2ccc3c(N)ncnn23)O1)OCc1ccc(C#N)nc1. The van der Waals surface area contributed by atoms with E-state index in [-0.39, 0.29) is 31.9 Å². The maximum absolute atomic E-state index is 13.0. The number of nitrogens with two attached hydrogens (primary N) is 1. The van der Waals surface area contributed by atoms with Gasteiger partial charge in [-0.15, -0.1) is 0 Å². The minimum Gasteiger partial charge on any atom is -0.382 e. The highest BCUT2D eigenvalue weighted by atomic mass is 31.2. The van der Waals surface area contributed by atoms with Crippen LogP contribution in [0.25, 0.3) is 5.52 Å². The molecule has 0 spiro atoms. The summed E-state index contributed by atoms with van der Waals surface area (Å²) in [5.74, 6) is 0.314. The molecule has 55 heavy (non-hydrogen) atoms. The molecular formula is C40H60N7O7P. The molecule has 3 aromatic rings. The fourth-order valence-corrected chi connectivity index (χ4v) is 7.50. The molecule has 0 aromatic carbocycles. The summed E-state index contributed by atoms with van der Waals surface area (Å²) in [5, 5.41) is 23.3. The van der Waals surface area contributed by atoms with Gasteiger partial charge in [-0.3, -0.25) is 9.05 Å². The second-order valence-electron chi connectivity index (χ2n) is 14.5. The Morgan fingerprint density at radius 2 is 1.62 bits per heavy atom. The molecule has 1 saturated heterocycles. The first-order valence-corrected chi connectivity index (χ1v) is 21.6. The van der Waals surface area contributed by atoms with Crippen LogP contribution < -0.4 is 5.73 Å². The Kier molecular flexibility index (Phi) is 19.5. The fraction of sp³-hybridized carbons (Fsp3) is 0.675. The number of ether oxygens (including phenoxy) is 3. The van der Waals surface area contributed by atoms with E-state index in [2.05, 4.69) is 28.1 Å². The molecule has 3 N–H and O–H groups in total. The monoisotopic (exact) mass is 781 g/mol. The van der Waals surface area contributed by atoms with Gasteiger partial charge in [0.15, 0.2) is 11.4 Å². The molecular weight excluding hydrogens is 721 g/mol. The van der Waals surface area contributed by atoms with Crippen molar-refractivity contribution in [3.63, 3.8) is 0 Å². The molecule has 0 saturated carbocycles. The van der Waals surface area contributed by atoms with Crippen molar-refractivity contribution in [2.24, 2.45) is 0 Å². The van der Waals surface area contributed by atoms with Gasteiger partial charge in [-0.05, 0) is 43.0 Å². The van der Waals surface area contributed by atoms with Gasteiger partial charge in [-0.2, -0.15) is 15.6 Å². The molecule has 1 aliphatic rings. The lowest BCUT2D eigenvalue weighted by atomic mass is 10.0. The number of hydrogen-bond donors (Lipinski definition) is 2. The highest BCUT2D eigenvalue weighted by Gasteiger charge is 2.44. The summed E-state index contributed by atoms with van der Waals surface area (Å²) >= 11 is 0. The van der Waals surface area contributed by atoms with Crippen molar-refractivity contribution < 1.29 is 32.7 Å². The minimum absolute atomic E-state index is 0.128. The highest BCUT2D eigenvalue weighted by Crippen LogP contribution is 2.47. The largest absolute Gasteiger partial charge is 0.472 e. The van der Waals surface area contributed by atoms with Crippen LogP contribution in [0.15, 0.2) is 36.8 Å². The lowest BCUT2D eigenvalue weighted by molar-refractivity contribution is -0.0590. The number of pyridine rings is 1.